The van der Waals surface area contributed by atoms with Crippen LogP contribution in [-0.4, -0.2) is 30.4 Å². The van der Waals surface area contributed by atoms with Crippen molar-refractivity contribution in [1.82, 2.24) is 9.55 Å². The smallest absolute Gasteiger partial charge is 0.312 e. The topological polar surface area (TPSA) is 121 Å². The molecule has 0 radical (unpaired) electrons. The lowest BCUT2D eigenvalue weighted by Crippen LogP contribution is -2.34. The first-order valence-electron chi connectivity index (χ1n) is 11.7. The van der Waals surface area contributed by atoms with Gasteiger partial charge in [0.05, 0.1) is 15.8 Å². The van der Waals surface area contributed by atoms with Crippen LogP contribution in [0.5, 0.6) is 0 Å². The van der Waals surface area contributed by atoms with E-state index in [-0.39, 0.29) is 35.0 Å². The Balaban J connectivity index is 1.30. The highest BCUT2D eigenvalue weighted by atomic mass is 32.2. The number of benzene rings is 3. The number of aromatic nitrogens is 2. The fraction of sp³-hybridized carbons (Fsp3) is 0.192. The van der Waals surface area contributed by atoms with E-state index in [0.717, 1.165) is 29.8 Å². The van der Waals surface area contributed by atoms with Crippen LogP contribution in [0, 0.1) is 0 Å². The van der Waals surface area contributed by atoms with E-state index >= 15 is 0 Å². The maximum absolute atomic E-state index is 13.0. The maximum Gasteiger partial charge on any atom is 0.328 e. The molecule has 5 rings (SSSR count). The number of hydrogen-bond acceptors (Lipinski definition) is 5. The van der Waals surface area contributed by atoms with Crippen LogP contribution in [0.15, 0.2) is 81.2 Å². The van der Waals surface area contributed by atoms with Crippen LogP contribution >= 0.6 is 0 Å². The van der Waals surface area contributed by atoms with Gasteiger partial charge in [-0.1, -0.05) is 24.3 Å². The van der Waals surface area contributed by atoms with Crippen molar-refractivity contribution in [3.8, 4) is 0 Å². The second-order valence-corrected chi connectivity index (χ2v) is 10.5. The number of H-pyrrole nitrogens is 1. The highest BCUT2D eigenvalue weighted by Crippen LogP contribution is 2.32. The Labute approximate surface area is 215 Å². The van der Waals surface area contributed by atoms with Gasteiger partial charge in [-0.25, -0.2) is 22.0 Å². The van der Waals surface area contributed by atoms with E-state index < -0.39 is 27.7 Å². The molecule has 9 nitrogen and oxygen atoms in total. The molecule has 0 atom stereocenters. The number of fused-ring (bicyclic) bond motifs is 2. The van der Waals surface area contributed by atoms with Crippen molar-refractivity contribution in [2.24, 2.45) is 0 Å². The second-order valence-electron chi connectivity index (χ2n) is 8.79. The lowest BCUT2D eigenvalue weighted by molar-refractivity contribution is -0.118. The molecule has 38 heavy (non-hydrogen) atoms. The number of anilines is 2. The van der Waals surface area contributed by atoms with Gasteiger partial charge in [-0.3, -0.25) is 23.9 Å². The van der Waals surface area contributed by atoms with Gasteiger partial charge < -0.3 is 4.90 Å². The van der Waals surface area contributed by atoms with Crippen molar-refractivity contribution in [3.05, 3.63) is 98.7 Å². The van der Waals surface area contributed by atoms with Gasteiger partial charge in [0.2, 0.25) is 5.91 Å². The first-order valence-corrected chi connectivity index (χ1v) is 13.2. The summed E-state index contributed by atoms with van der Waals surface area (Å²) in [5.41, 5.74) is 0.766. The molecule has 12 heteroatoms. The summed E-state index contributed by atoms with van der Waals surface area (Å²) in [7, 11) is -4.00. The summed E-state index contributed by atoms with van der Waals surface area (Å²) in [4.78, 5) is 41.2. The van der Waals surface area contributed by atoms with E-state index in [1.54, 1.807) is 41.3 Å². The number of para-hydroxylation sites is 1. The molecule has 1 aliphatic rings. The van der Waals surface area contributed by atoms with E-state index in [1.165, 1.54) is 10.6 Å². The average Bonchev–Trinajstić information content (AvgIpc) is 3.31. The fourth-order valence-corrected chi connectivity index (χ4v) is 5.59. The molecule has 3 aromatic carbocycles. The zero-order chi connectivity index (χ0) is 27.0. The van der Waals surface area contributed by atoms with Gasteiger partial charge in [0.1, 0.15) is 0 Å². The van der Waals surface area contributed by atoms with Crippen LogP contribution in [0.25, 0.3) is 10.9 Å². The average molecular weight is 541 g/mol. The predicted molar refractivity (Wildman–Crippen MR) is 138 cm³/mol. The summed E-state index contributed by atoms with van der Waals surface area (Å²) >= 11 is 0. The number of halogens is 2. The molecule has 1 amide bonds. The molecule has 0 fully saturated rings. The molecule has 0 saturated carbocycles. The third-order valence-corrected chi connectivity index (χ3v) is 7.82. The van der Waals surface area contributed by atoms with Gasteiger partial charge in [-0.15, -0.1) is 0 Å². The Kier molecular flexibility index (Phi) is 6.57. The number of nitrogens with one attached hydrogen (secondary N) is 2. The Morgan fingerprint density at radius 3 is 2.50 bits per heavy atom. The van der Waals surface area contributed by atoms with Gasteiger partial charge in [0, 0.05) is 36.4 Å². The van der Waals surface area contributed by atoms with Gasteiger partial charge >= 0.3 is 5.69 Å². The maximum atomic E-state index is 13.0. The summed E-state index contributed by atoms with van der Waals surface area (Å²) in [5.74, 6) is -0.224. The number of carbonyl (C=O) groups is 1. The summed E-state index contributed by atoms with van der Waals surface area (Å²) in [6.45, 7) is 0.462. The van der Waals surface area contributed by atoms with Crippen molar-refractivity contribution >= 4 is 38.2 Å². The fourth-order valence-electron chi connectivity index (χ4n) is 4.54. The number of rotatable bonds is 7. The van der Waals surface area contributed by atoms with Crippen molar-refractivity contribution < 1.29 is 22.0 Å². The van der Waals surface area contributed by atoms with Crippen LogP contribution in [0.4, 0.5) is 20.2 Å². The highest BCUT2D eigenvalue weighted by Gasteiger charge is 2.26. The molecule has 1 aromatic heterocycles. The molecule has 0 bridgehead atoms. The Morgan fingerprint density at radius 1 is 1.03 bits per heavy atom. The van der Waals surface area contributed by atoms with Gasteiger partial charge in [-0.2, -0.15) is 0 Å². The number of hydrogen-bond donors (Lipinski definition) is 2. The summed E-state index contributed by atoms with van der Waals surface area (Å²) in [5, 5.41) is 0.353. The van der Waals surface area contributed by atoms with Crippen LogP contribution in [-0.2, 0) is 27.8 Å². The molecule has 0 saturated heterocycles. The number of alkyl halides is 2. The number of sulfonamides is 1. The molecule has 0 aliphatic carbocycles. The minimum absolute atomic E-state index is 0.0123. The van der Waals surface area contributed by atoms with Crippen LogP contribution in [0.3, 0.4) is 0 Å². The minimum Gasteiger partial charge on any atom is -0.312 e. The van der Waals surface area contributed by atoms with Crippen molar-refractivity contribution in [3.63, 3.8) is 0 Å². The summed E-state index contributed by atoms with van der Waals surface area (Å²) in [6.07, 6.45) is -2.18. The van der Waals surface area contributed by atoms with E-state index in [1.807, 2.05) is 0 Å². The zero-order valence-electron chi connectivity index (χ0n) is 19.9. The van der Waals surface area contributed by atoms with Gasteiger partial charge in [-0.05, 0) is 54.4 Å². The van der Waals surface area contributed by atoms with Gasteiger partial charge in [0.15, 0.2) is 0 Å². The van der Waals surface area contributed by atoms with Crippen LogP contribution < -0.4 is 20.9 Å². The van der Waals surface area contributed by atoms with E-state index in [2.05, 4.69) is 9.71 Å². The molecule has 4 aromatic rings. The Bertz CT molecular complexity index is 1770. The lowest BCUT2D eigenvalue weighted by atomic mass is 10.1. The molecular formula is C26H22F2N4O5S. The number of aryl methyl sites for hydroxylation is 1. The van der Waals surface area contributed by atoms with Crippen LogP contribution in [0.1, 0.15) is 24.0 Å². The normalized spacial score (nSPS) is 13.2. The molecule has 2 heterocycles. The quantitative estimate of drug-likeness (QED) is 0.372. The predicted octanol–water partition coefficient (Wildman–Crippen LogP) is 3.41. The third kappa shape index (κ3) is 4.82. The highest BCUT2D eigenvalue weighted by molar-refractivity contribution is 7.92. The van der Waals surface area contributed by atoms with Crippen molar-refractivity contribution in [2.75, 3.05) is 16.2 Å². The number of carbonyl (C=O) groups excluding carboxylic acids is 1. The largest absolute Gasteiger partial charge is 0.328 e. The number of nitrogens with zero attached hydrogens (tertiary/aromatic N) is 2. The van der Waals surface area contributed by atoms with E-state index in [4.69, 9.17) is 0 Å². The standard InChI is InChI=1S/C26H22F2N4O5S/c27-24(28)16-5-8-19(9-6-16)38(36,37)30-18-7-10-21-17(15-18)11-13-31(21)23(33)12-14-32-22-4-2-1-3-20(22)25(34)29-26(32)35/h1-10,15,24,30H,11-14H2,(H,29,34,35). The summed E-state index contributed by atoms with van der Waals surface area (Å²) in [6, 6.07) is 15.8. The molecule has 2 N–H and O–H groups in total. The van der Waals surface area contributed by atoms with Crippen LogP contribution in [0.2, 0.25) is 0 Å². The molecule has 1 aliphatic heterocycles. The Hall–Kier alpha value is -4.32. The first-order chi connectivity index (χ1) is 18.1. The van der Waals surface area contributed by atoms with Gasteiger partial charge in [0.25, 0.3) is 22.0 Å². The van der Waals surface area contributed by atoms with Crippen molar-refractivity contribution in [2.45, 2.75) is 30.7 Å². The Morgan fingerprint density at radius 2 is 1.76 bits per heavy atom. The molecular weight excluding hydrogens is 518 g/mol. The monoisotopic (exact) mass is 540 g/mol. The first kappa shape index (κ1) is 25.3. The second kappa shape index (κ2) is 9.86. The SMILES string of the molecule is O=C(CCn1c(=O)[nH]c(=O)c2ccccc21)N1CCc2cc(NS(=O)(=O)c3ccc(C(F)F)cc3)ccc21. The number of aromatic amines is 1. The lowest BCUT2D eigenvalue weighted by Gasteiger charge is -2.18. The minimum atomic E-state index is -4.00. The zero-order valence-corrected chi connectivity index (χ0v) is 20.7. The van der Waals surface area contributed by atoms with Crippen molar-refractivity contribution in [1.29, 1.82) is 0 Å². The molecule has 0 spiro atoms. The van der Waals surface area contributed by atoms with E-state index in [9.17, 15) is 31.6 Å². The van der Waals surface area contributed by atoms with E-state index in [0.29, 0.717) is 29.6 Å². The molecule has 0 unspecified atom stereocenters. The summed E-state index contributed by atoms with van der Waals surface area (Å²) < 4.78 is 54.7. The molecule has 196 valence electrons. The third-order valence-electron chi connectivity index (χ3n) is 6.43. The number of amides is 1.